The molecule has 2 saturated heterocycles. The molecule has 4 amide bonds. The molecule has 4 heterocycles. The molecule has 2 aromatic heterocycles. The predicted molar refractivity (Wildman–Crippen MR) is 205 cm³/mol. The summed E-state index contributed by atoms with van der Waals surface area (Å²) in [5.41, 5.74) is 2.52. The van der Waals surface area contributed by atoms with E-state index < -0.39 is 46.8 Å². The molecule has 10 nitrogen and oxygen atoms in total. The Balaban J connectivity index is 1.13. The second kappa shape index (κ2) is 12.4. The Morgan fingerprint density at radius 1 is 0.963 bits per heavy atom. The molecule has 2 aliphatic heterocycles. The third-order valence-electron chi connectivity index (χ3n) is 12.3. The molecule has 1 saturated carbocycles. The van der Waals surface area contributed by atoms with E-state index in [0.29, 0.717) is 40.9 Å². The summed E-state index contributed by atoms with van der Waals surface area (Å²) < 4.78 is 8.63. The predicted octanol–water partition coefficient (Wildman–Crippen LogP) is 7.41. The number of halogens is 1. The van der Waals surface area contributed by atoms with Crippen LogP contribution in [0.4, 0.5) is 5.82 Å². The summed E-state index contributed by atoms with van der Waals surface area (Å²) in [7, 11) is 3.22. The first kappa shape index (κ1) is 34.5. The number of likely N-dealkylation sites (tertiary alicyclic amines) is 1. The highest BCUT2D eigenvalue weighted by Gasteiger charge is 2.68. The molecule has 0 radical (unpaired) electrons. The van der Waals surface area contributed by atoms with Gasteiger partial charge in [-0.3, -0.25) is 28.8 Å². The van der Waals surface area contributed by atoms with Crippen LogP contribution in [0, 0.1) is 36.0 Å². The van der Waals surface area contributed by atoms with Crippen molar-refractivity contribution in [1.82, 2.24) is 14.7 Å². The molecule has 0 unspecified atom stereocenters. The van der Waals surface area contributed by atoms with Crippen molar-refractivity contribution in [1.29, 1.82) is 0 Å². The lowest BCUT2D eigenvalue weighted by Gasteiger charge is -2.49. The molecule has 2 aliphatic carbocycles. The Morgan fingerprint density at radius 3 is 2.50 bits per heavy atom. The van der Waals surface area contributed by atoms with Crippen molar-refractivity contribution >= 4 is 62.5 Å². The second-order valence-corrected chi connectivity index (χ2v) is 16.6. The fraction of sp³-hybridized carbons (Fsp3) is 0.310. The topological polar surface area (TPSA) is 122 Å². The summed E-state index contributed by atoms with van der Waals surface area (Å²) in [5, 5.41) is 18.2. The number of nitrogens with zero attached hydrogens (tertiary/aromatic N) is 4. The molecule has 3 aromatic carbocycles. The minimum Gasteiger partial charge on any atom is -0.508 e. The van der Waals surface area contributed by atoms with Gasteiger partial charge in [-0.2, -0.15) is 5.10 Å². The number of hydrogen-bond donors (Lipinski definition) is 1. The lowest BCUT2D eigenvalue weighted by Crippen LogP contribution is -2.48. The fourth-order valence-corrected chi connectivity index (χ4v) is 10.9. The van der Waals surface area contributed by atoms with Crippen LogP contribution in [-0.2, 0) is 32.8 Å². The van der Waals surface area contributed by atoms with Gasteiger partial charge in [-0.25, -0.2) is 4.90 Å². The monoisotopic (exact) mass is 760 g/mol. The van der Waals surface area contributed by atoms with Crippen molar-refractivity contribution in [3.05, 3.63) is 106 Å². The van der Waals surface area contributed by atoms with Crippen LogP contribution < -0.4 is 9.64 Å². The van der Waals surface area contributed by atoms with Crippen LogP contribution >= 0.6 is 22.9 Å². The van der Waals surface area contributed by atoms with Crippen molar-refractivity contribution in [2.24, 2.45) is 36.1 Å². The maximum absolute atomic E-state index is 15.1. The van der Waals surface area contributed by atoms with E-state index in [-0.39, 0.29) is 24.0 Å². The van der Waals surface area contributed by atoms with E-state index in [0.717, 1.165) is 31.7 Å². The van der Waals surface area contributed by atoms with Gasteiger partial charge in [0.15, 0.2) is 0 Å². The Labute approximate surface area is 320 Å². The highest BCUT2D eigenvalue weighted by molar-refractivity contribution is 7.22. The number of amides is 4. The number of carbonyl (C=O) groups excluding carboxylic acids is 4. The first-order valence-electron chi connectivity index (χ1n) is 18.0. The smallest absolute Gasteiger partial charge is 0.242 e. The molecule has 9 rings (SSSR count). The van der Waals surface area contributed by atoms with Gasteiger partial charge in [0, 0.05) is 47.4 Å². The third kappa shape index (κ3) is 4.94. The zero-order valence-corrected chi connectivity index (χ0v) is 31.6. The fourth-order valence-electron chi connectivity index (χ4n) is 9.55. The zero-order chi connectivity index (χ0) is 37.8. The number of aromatic hydroxyl groups is 1. The number of aromatic nitrogens is 2. The van der Waals surface area contributed by atoms with Crippen LogP contribution in [-0.4, -0.2) is 50.5 Å². The van der Waals surface area contributed by atoms with Gasteiger partial charge in [0.25, 0.3) is 0 Å². The Kier molecular flexibility index (Phi) is 7.92. The molecule has 3 fully saturated rings. The summed E-state index contributed by atoms with van der Waals surface area (Å²) in [5.74, 6) is -3.89. The SMILES string of the molecule is Cc1c(-c2cc(N3C(=O)[C@@H]4C[C@@H]5C(=CC[C@@H]6C(=O)N(C)C(=O)[C@@H]65)[C@H](c5ccc(OCc6ccccc6)cc5O)[C@]4(C)C3=O)n(C)n2)sc2ccc(Cl)cc12. The highest BCUT2D eigenvalue weighted by atomic mass is 35.5. The van der Waals surface area contributed by atoms with Gasteiger partial charge >= 0.3 is 0 Å². The first-order chi connectivity index (χ1) is 25.9. The number of fused-ring (bicyclic) bond motifs is 5. The molecular formula is C42H37ClN4O6S. The van der Waals surface area contributed by atoms with E-state index in [4.69, 9.17) is 21.4 Å². The lowest BCUT2D eigenvalue weighted by atomic mass is 9.51. The molecule has 1 N–H and O–H groups in total. The normalized spacial score (nSPS) is 26.3. The van der Waals surface area contributed by atoms with E-state index in [9.17, 15) is 19.5 Å². The van der Waals surface area contributed by atoms with Gasteiger partial charge in [-0.1, -0.05) is 59.6 Å². The van der Waals surface area contributed by atoms with Crippen molar-refractivity contribution in [3.8, 4) is 22.1 Å². The Bertz CT molecular complexity index is 2470. The number of carbonyl (C=O) groups is 4. The Morgan fingerprint density at radius 2 is 1.74 bits per heavy atom. The number of aryl methyl sites for hydroxylation is 2. The standard InChI is InChI=1S/C42H37ClN4O6S/c1-21-28-16-23(43)10-15-33(28)54-37(21)31-19-34(46(4)44-31)47-39(50)30-18-29-25(13-14-27-35(29)40(51)45(3)38(27)49)36(42(30,2)41(47)52)26-12-11-24(17-32(26)48)53-20-22-8-6-5-7-9-22/h5-13,15-17,19,27,29-30,35-36,48H,14,18,20H2,1-4H3/t27-,29+,30-,35-,36+,42+/m0/s1. The van der Waals surface area contributed by atoms with Crippen molar-refractivity contribution < 1.29 is 29.0 Å². The number of phenolic OH excluding ortho intramolecular Hbond substituents is 1. The van der Waals surface area contributed by atoms with Crippen LogP contribution in [0.25, 0.3) is 20.7 Å². The van der Waals surface area contributed by atoms with E-state index in [2.05, 4.69) is 0 Å². The molecule has 0 bridgehead atoms. The van der Waals surface area contributed by atoms with Crippen molar-refractivity contribution in [2.75, 3.05) is 11.9 Å². The maximum Gasteiger partial charge on any atom is 0.242 e. The van der Waals surface area contributed by atoms with Crippen molar-refractivity contribution in [2.45, 2.75) is 39.2 Å². The molecule has 274 valence electrons. The number of anilines is 1. The highest BCUT2D eigenvalue weighted by Crippen LogP contribution is 2.64. The summed E-state index contributed by atoms with van der Waals surface area (Å²) >= 11 is 7.88. The number of phenols is 1. The number of allylic oxidation sites excluding steroid dienone is 2. The van der Waals surface area contributed by atoms with Crippen LogP contribution in [0.3, 0.4) is 0 Å². The molecule has 5 aromatic rings. The average molecular weight is 761 g/mol. The number of thiophene rings is 1. The summed E-state index contributed by atoms with van der Waals surface area (Å²) in [6.45, 7) is 4.10. The molecule has 6 atom stereocenters. The number of rotatable bonds is 6. The van der Waals surface area contributed by atoms with Gasteiger partial charge < -0.3 is 9.84 Å². The quantitative estimate of drug-likeness (QED) is 0.141. The molecular weight excluding hydrogens is 724 g/mol. The minimum atomic E-state index is -1.33. The Hall–Kier alpha value is -5.26. The van der Waals surface area contributed by atoms with E-state index >= 15 is 4.79 Å². The van der Waals surface area contributed by atoms with Crippen molar-refractivity contribution in [3.63, 3.8) is 0 Å². The number of benzene rings is 3. The number of hydrogen-bond acceptors (Lipinski definition) is 8. The van der Waals surface area contributed by atoms with Crippen LogP contribution in [0.2, 0.25) is 5.02 Å². The zero-order valence-electron chi connectivity index (χ0n) is 30.1. The summed E-state index contributed by atoms with van der Waals surface area (Å²) in [6.07, 6.45) is 2.52. The molecule has 0 spiro atoms. The van der Waals surface area contributed by atoms with E-state index in [1.165, 1.54) is 22.9 Å². The number of imide groups is 2. The van der Waals surface area contributed by atoms with Gasteiger partial charge in [0.1, 0.15) is 29.6 Å². The average Bonchev–Trinajstić information content (AvgIpc) is 3.82. The van der Waals surface area contributed by atoms with Gasteiger partial charge in [0.2, 0.25) is 23.6 Å². The van der Waals surface area contributed by atoms with E-state index in [1.807, 2.05) is 61.5 Å². The summed E-state index contributed by atoms with van der Waals surface area (Å²) in [6, 6.07) is 22.3. The second-order valence-electron chi connectivity index (χ2n) is 15.1. The molecule has 4 aliphatic rings. The molecule has 54 heavy (non-hydrogen) atoms. The first-order valence-corrected chi connectivity index (χ1v) is 19.2. The van der Waals surface area contributed by atoms with Crippen LogP contribution in [0.5, 0.6) is 11.5 Å². The van der Waals surface area contributed by atoms with Gasteiger partial charge in [0.05, 0.1) is 28.0 Å². The lowest BCUT2D eigenvalue weighted by molar-refractivity contribution is -0.138. The maximum atomic E-state index is 15.1. The van der Waals surface area contributed by atoms with E-state index in [1.54, 1.807) is 48.2 Å². The minimum absolute atomic E-state index is 0.0815. The van der Waals surface area contributed by atoms with Gasteiger partial charge in [-0.15, -0.1) is 11.3 Å². The summed E-state index contributed by atoms with van der Waals surface area (Å²) in [4.78, 5) is 60.1. The van der Waals surface area contributed by atoms with Gasteiger partial charge in [-0.05, 0) is 73.4 Å². The number of ether oxygens (including phenoxy) is 1. The third-order valence-corrected chi connectivity index (χ3v) is 13.8. The van der Waals surface area contributed by atoms with Crippen LogP contribution in [0.15, 0.2) is 84.4 Å². The largest absolute Gasteiger partial charge is 0.508 e. The molecule has 12 heteroatoms. The van der Waals surface area contributed by atoms with Crippen LogP contribution in [0.1, 0.15) is 42.4 Å².